The van der Waals surface area contributed by atoms with Crippen molar-refractivity contribution in [2.45, 2.75) is 6.42 Å². The molecular formula is C15H14FNO4. The summed E-state index contributed by atoms with van der Waals surface area (Å²) in [5.74, 6) is -1.31. The molecule has 0 saturated heterocycles. The van der Waals surface area contributed by atoms with Crippen LogP contribution in [0, 0.1) is 5.82 Å². The van der Waals surface area contributed by atoms with E-state index < -0.39 is 11.9 Å². The topological polar surface area (TPSA) is 68.5 Å². The molecule has 1 aromatic heterocycles. The quantitative estimate of drug-likeness (QED) is 0.826. The van der Waals surface area contributed by atoms with Crippen LogP contribution >= 0.6 is 0 Å². The monoisotopic (exact) mass is 291 g/mol. The second-order valence-corrected chi connectivity index (χ2v) is 4.31. The Balaban J connectivity index is 1.66. The third kappa shape index (κ3) is 4.76. The number of hydrogen-bond donors (Lipinski definition) is 1. The average molecular weight is 291 g/mol. The number of esters is 1. The molecular weight excluding hydrogens is 277 g/mol. The second kappa shape index (κ2) is 7.23. The maximum absolute atomic E-state index is 12.7. The molecule has 0 atom stereocenters. The van der Waals surface area contributed by atoms with Crippen LogP contribution in [0.3, 0.4) is 0 Å². The minimum Gasteiger partial charge on any atom is -0.472 e. The molecule has 0 aliphatic rings. The predicted molar refractivity (Wildman–Crippen MR) is 72.1 cm³/mol. The lowest BCUT2D eigenvalue weighted by atomic mass is 10.1. The van der Waals surface area contributed by atoms with Crippen molar-refractivity contribution in [3.63, 3.8) is 0 Å². The summed E-state index contributed by atoms with van der Waals surface area (Å²) in [5.41, 5.74) is 1.17. The lowest BCUT2D eigenvalue weighted by molar-refractivity contribution is -0.124. The second-order valence-electron chi connectivity index (χ2n) is 4.31. The highest BCUT2D eigenvalue weighted by Crippen LogP contribution is 2.03. The van der Waals surface area contributed by atoms with Gasteiger partial charge in [0.05, 0.1) is 11.8 Å². The highest BCUT2D eigenvalue weighted by molar-refractivity contribution is 5.90. The van der Waals surface area contributed by atoms with E-state index in [0.717, 1.165) is 5.56 Å². The van der Waals surface area contributed by atoms with Crippen molar-refractivity contribution < 1.29 is 23.1 Å². The third-order valence-corrected chi connectivity index (χ3v) is 2.74. The van der Waals surface area contributed by atoms with Gasteiger partial charge in [0.2, 0.25) is 0 Å². The largest absolute Gasteiger partial charge is 0.472 e. The summed E-state index contributed by atoms with van der Waals surface area (Å²) in [4.78, 5) is 22.9. The van der Waals surface area contributed by atoms with Crippen molar-refractivity contribution >= 4 is 11.9 Å². The molecule has 21 heavy (non-hydrogen) atoms. The Kier molecular flexibility index (Phi) is 5.09. The standard InChI is InChI=1S/C15H14FNO4/c16-13-3-1-11(2-4-13)5-7-17-14(18)10-21-15(19)12-6-8-20-9-12/h1-4,6,8-9H,5,7,10H2,(H,17,18). The van der Waals surface area contributed by atoms with E-state index in [2.05, 4.69) is 5.32 Å². The van der Waals surface area contributed by atoms with Gasteiger partial charge in [-0.05, 0) is 30.2 Å². The summed E-state index contributed by atoms with van der Waals surface area (Å²) in [6.45, 7) is 0.0289. The Morgan fingerprint density at radius 1 is 1.19 bits per heavy atom. The molecule has 1 N–H and O–H groups in total. The van der Waals surface area contributed by atoms with Crippen LogP contribution in [0.4, 0.5) is 4.39 Å². The third-order valence-electron chi connectivity index (χ3n) is 2.74. The Morgan fingerprint density at radius 3 is 2.62 bits per heavy atom. The molecule has 1 amide bonds. The van der Waals surface area contributed by atoms with Crippen LogP contribution in [0.15, 0.2) is 47.3 Å². The molecule has 1 heterocycles. The van der Waals surface area contributed by atoms with Gasteiger partial charge in [-0.15, -0.1) is 0 Å². The molecule has 110 valence electrons. The summed E-state index contributed by atoms with van der Waals surface area (Å²) in [7, 11) is 0. The Bertz CT molecular complexity index is 593. The first kappa shape index (κ1) is 14.8. The molecule has 0 unspecified atom stereocenters. The predicted octanol–water partition coefficient (Wildman–Crippen LogP) is 1.93. The van der Waals surface area contributed by atoms with Crippen LogP contribution in [-0.2, 0) is 16.0 Å². The fourth-order valence-electron chi connectivity index (χ4n) is 1.64. The summed E-state index contributed by atoms with van der Waals surface area (Å²) in [6, 6.07) is 7.49. The summed E-state index contributed by atoms with van der Waals surface area (Å²) >= 11 is 0. The van der Waals surface area contributed by atoms with Gasteiger partial charge in [0.1, 0.15) is 12.1 Å². The first-order valence-corrected chi connectivity index (χ1v) is 6.35. The van der Waals surface area contributed by atoms with Gasteiger partial charge >= 0.3 is 5.97 Å². The Morgan fingerprint density at radius 2 is 1.95 bits per heavy atom. The molecule has 0 saturated carbocycles. The van der Waals surface area contributed by atoms with Gasteiger partial charge in [0.15, 0.2) is 6.61 Å². The SMILES string of the molecule is O=C(COC(=O)c1ccoc1)NCCc1ccc(F)cc1. The van der Waals surface area contributed by atoms with Crippen molar-refractivity contribution in [3.8, 4) is 0 Å². The molecule has 0 spiro atoms. The molecule has 0 aliphatic carbocycles. The van der Waals surface area contributed by atoms with E-state index in [4.69, 9.17) is 9.15 Å². The molecule has 0 radical (unpaired) electrons. The molecule has 0 fully saturated rings. The number of hydrogen-bond acceptors (Lipinski definition) is 4. The fraction of sp³-hybridized carbons (Fsp3) is 0.200. The normalized spacial score (nSPS) is 10.1. The smallest absolute Gasteiger partial charge is 0.341 e. The molecule has 5 nitrogen and oxygen atoms in total. The van der Waals surface area contributed by atoms with Crippen LogP contribution < -0.4 is 5.32 Å². The van der Waals surface area contributed by atoms with Gasteiger partial charge in [-0.1, -0.05) is 12.1 Å². The van der Waals surface area contributed by atoms with E-state index in [1.165, 1.54) is 30.7 Å². The van der Waals surface area contributed by atoms with Crippen LogP contribution in [-0.4, -0.2) is 25.0 Å². The van der Waals surface area contributed by atoms with Crippen molar-refractivity contribution in [2.24, 2.45) is 0 Å². The van der Waals surface area contributed by atoms with Gasteiger partial charge in [0, 0.05) is 6.54 Å². The van der Waals surface area contributed by atoms with E-state index in [1.54, 1.807) is 12.1 Å². The van der Waals surface area contributed by atoms with E-state index in [0.29, 0.717) is 13.0 Å². The number of halogens is 1. The van der Waals surface area contributed by atoms with E-state index >= 15 is 0 Å². The summed E-state index contributed by atoms with van der Waals surface area (Å²) in [5, 5.41) is 2.61. The lowest BCUT2D eigenvalue weighted by Crippen LogP contribution is -2.30. The number of furan rings is 1. The summed E-state index contributed by atoms with van der Waals surface area (Å²) < 4.78 is 22.2. The Hall–Kier alpha value is -2.63. The van der Waals surface area contributed by atoms with E-state index in [1.807, 2.05) is 0 Å². The first-order chi connectivity index (χ1) is 10.1. The molecule has 2 aromatic rings. The number of amides is 1. The van der Waals surface area contributed by atoms with Crippen LogP contribution in [0.2, 0.25) is 0 Å². The zero-order chi connectivity index (χ0) is 15.1. The van der Waals surface area contributed by atoms with E-state index in [-0.39, 0.29) is 18.0 Å². The van der Waals surface area contributed by atoms with Crippen LogP contribution in [0.25, 0.3) is 0 Å². The van der Waals surface area contributed by atoms with Gasteiger partial charge in [-0.25, -0.2) is 9.18 Å². The maximum atomic E-state index is 12.7. The number of carbonyl (C=O) groups is 2. The Labute approximate surface area is 120 Å². The van der Waals surface area contributed by atoms with Crippen LogP contribution in [0.5, 0.6) is 0 Å². The average Bonchev–Trinajstić information content (AvgIpc) is 3.01. The van der Waals surface area contributed by atoms with Crippen molar-refractivity contribution in [1.82, 2.24) is 5.32 Å². The van der Waals surface area contributed by atoms with Crippen molar-refractivity contribution in [3.05, 3.63) is 59.8 Å². The van der Waals surface area contributed by atoms with Gasteiger partial charge in [-0.3, -0.25) is 4.79 Å². The number of ether oxygens (including phenoxy) is 1. The summed E-state index contributed by atoms with van der Waals surface area (Å²) in [6.07, 6.45) is 3.16. The fourth-order valence-corrected chi connectivity index (χ4v) is 1.64. The molecule has 6 heteroatoms. The number of nitrogens with one attached hydrogen (secondary N) is 1. The number of rotatable bonds is 6. The zero-order valence-corrected chi connectivity index (χ0v) is 11.2. The van der Waals surface area contributed by atoms with Crippen molar-refractivity contribution in [2.75, 3.05) is 13.2 Å². The molecule has 1 aromatic carbocycles. The number of benzene rings is 1. The van der Waals surface area contributed by atoms with E-state index in [9.17, 15) is 14.0 Å². The molecule has 0 bridgehead atoms. The molecule has 2 rings (SSSR count). The maximum Gasteiger partial charge on any atom is 0.341 e. The lowest BCUT2D eigenvalue weighted by Gasteiger charge is -2.06. The van der Waals surface area contributed by atoms with Crippen LogP contribution in [0.1, 0.15) is 15.9 Å². The van der Waals surface area contributed by atoms with Gasteiger partial charge in [-0.2, -0.15) is 0 Å². The minimum absolute atomic E-state index is 0.258. The van der Waals surface area contributed by atoms with Crippen molar-refractivity contribution in [1.29, 1.82) is 0 Å². The first-order valence-electron chi connectivity index (χ1n) is 6.35. The van der Waals surface area contributed by atoms with Gasteiger partial charge < -0.3 is 14.5 Å². The minimum atomic E-state index is -0.613. The zero-order valence-electron chi connectivity index (χ0n) is 11.2. The molecule has 0 aliphatic heterocycles. The highest BCUT2D eigenvalue weighted by Gasteiger charge is 2.10. The highest BCUT2D eigenvalue weighted by atomic mass is 19.1. The number of carbonyl (C=O) groups excluding carboxylic acids is 2. The van der Waals surface area contributed by atoms with Gasteiger partial charge in [0.25, 0.3) is 5.91 Å².